The number of halogens is 2. The molecule has 0 spiro atoms. The molecule has 0 unspecified atom stereocenters. The highest BCUT2D eigenvalue weighted by atomic mass is 19.1. The van der Waals surface area contributed by atoms with Crippen molar-refractivity contribution in [2.24, 2.45) is 0 Å². The Labute approximate surface area is 147 Å². The number of methoxy groups -OCH3 is 1. The highest BCUT2D eigenvalue weighted by Crippen LogP contribution is 2.25. The average molecular weight is 352 g/mol. The minimum absolute atomic E-state index is 0.150. The number of nitrogens with zero attached hydrogens (tertiary/aromatic N) is 4. The maximum absolute atomic E-state index is 14.0. The molecule has 2 aromatic carbocycles. The van der Waals surface area contributed by atoms with E-state index in [1.807, 2.05) is 6.92 Å². The molecule has 0 aliphatic carbocycles. The van der Waals surface area contributed by atoms with Crippen molar-refractivity contribution in [2.45, 2.75) is 6.92 Å². The standard InChI is InChI=1S/C19H14F2N4O/c1-11-23-15-5-4-13(20)10-16(15)25(11)18-7-8-22-19(24-18)12-3-6-17(26-2)14(21)9-12/h3-10H,1-2H3. The Morgan fingerprint density at radius 2 is 1.85 bits per heavy atom. The van der Waals surface area contributed by atoms with Gasteiger partial charge in [-0.3, -0.25) is 4.57 Å². The summed E-state index contributed by atoms with van der Waals surface area (Å²) in [7, 11) is 1.40. The van der Waals surface area contributed by atoms with Crippen molar-refractivity contribution in [3.05, 3.63) is 66.1 Å². The Bertz CT molecular complexity index is 1120. The van der Waals surface area contributed by atoms with E-state index in [0.717, 1.165) is 0 Å². The Morgan fingerprint density at radius 1 is 1.00 bits per heavy atom. The van der Waals surface area contributed by atoms with Gasteiger partial charge in [-0.25, -0.2) is 23.7 Å². The highest BCUT2D eigenvalue weighted by molar-refractivity contribution is 5.78. The van der Waals surface area contributed by atoms with Gasteiger partial charge >= 0.3 is 0 Å². The lowest BCUT2D eigenvalue weighted by atomic mass is 10.2. The van der Waals surface area contributed by atoms with Crippen molar-refractivity contribution < 1.29 is 13.5 Å². The van der Waals surface area contributed by atoms with E-state index < -0.39 is 5.82 Å². The van der Waals surface area contributed by atoms with E-state index in [1.165, 1.54) is 31.4 Å². The van der Waals surface area contributed by atoms with Crippen molar-refractivity contribution in [3.63, 3.8) is 0 Å². The Morgan fingerprint density at radius 3 is 2.62 bits per heavy atom. The Kier molecular flexibility index (Phi) is 3.84. The quantitative estimate of drug-likeness (QED) is 0.558. The number of benzene rings is 2. The fourth-order valence-electron chi connectivity index (χ4n) is 2.88. The number of fused-ring (bicyclic) bond motifs is 1. The first-order valence-electron chi connectivity index (χ1n) is 7.89. The molecule has 0 aliphatic heterocycles. The zero-order chi connectivity index (χ0) is 18.3. The van der Waals surface area contributed by atoms with Gasteiger partial charge in [-0.05, 0) is 43.3 Å². The van der Waals surface area contributed by atoms with Crippen molar-refractivity contribution in [1.82, 2.24) is 19.5 Å². The molecule has 5 nitrogen and oxygen atoms in total. The summed E-state index contributed by atoms with van der Waals surface area (Å²) in [5.74, 6) is 0.835. The van der Waals surface area contributed by atoms with Gasteiger partial charge in [0.2, 0.25) is 0 Å². The summed E-state index contributed by atoms with van der Waals surface area (Å²) in [5.41, 5.74) is 1.78. The molecular formula is C19H14F2N4O. The molecule has 4 rings (SSSR count). The minimum atomic E-state index is -0.495. The van der Waals surface area contributed by atoms with Crippen molar-refractivity contribution >= 4 is 11.0 Å². The Hall–Kier alpha value is -3.35. The van der Waals surface area contributed by atoms with E-state index >= 15 is 0 Å². The van der Waals surface area contributed by atoms with Crippen molar-refractivity contribution in [3.8, 4) is 23.0 Å². The predicted molar refractivity (Wildman–Crippen MR) is 93.3 cm³/mol. The van der Waals surface area contributed by atoms with Crippen molar-refractivity contribution in [2.75, 3.05) is 7.11 Å². The molecule has 0 atom stereocenters. The number of ether oxygens (including phenoxy) is 1. The van der Waals surface area contributed by atoms with Crippen LogP contribution >= 0.6 is 0 Å². The van der Waals surface area contributed by atoms with Crippen LogP contribution in [0.15, 0.2) is 48.7 Å². The molecule has 0 radical (unpaired) electrons. The summed E-state index contributed by atoms with van der Waals surface area (Å²) < 4.78 is 34.3. The molecular weight excluding hydrogens is 338 g/mol. The molecule has 0 bridgehead atoms. The lowest BCUT2D eigenvalue weighted by Crippen LogP contribution is -2.02. The molecule has 2 aromatic heterocycles. The first kappa shape index (κ1) is 16.1. The number of hydrogen-bond acceptors (Lipinski definition) is 4. The molecule has 26 heavy (non-hydrogen) atoms. The maximum atomic E-state index is 14.0. The molecule has 0 saturated heterocycles. The van der Waals surface area contributed by atoms with Crippen LogP contribution in [0.3, 0.4) is 0 Å². The van der Waals surface area contributed by atoms with Crippen LogP contribution in [0.4, 0.5) is 8.78 Å². The first-order chi connectivity index (χ1) is 12.6. The van der Waals surface area contributed by atoms with Crippen LogP contribution in [0.1, 0.15) is 5.82 Å². The summed E-state index contributed by atoms with van der Waals surface area (Å²) in [4.78, 5) is 13.2. The van der Waals surface area contributed by atoms with Gasteiger partial charge < -0.3 is 4.74 Å². The Balaban J connectivity index is 1.86. The lowest BCUT2D eigenvalue weighted by Gasteiger charge is -2.08. The van der Waals surface area contributed by atoms with Gasteiger partial charge in [-0.2, -0.15) is 0 Å². The molecule has 130 valence electrons. The van der Waals surface area contributed by atoms with Gasteiger partial charge in [-0.15, -0.1) is 0 Å². The number of hydrogen-bond donors (Lipinski definition) is 0. The maximum Gasteiger partial charge on any atom is 0.165 e. The SMILES string of the molecule is COc1ccc(-c2nccc(-n3c(C)nc4ccc(F)cc43)n2)cc1F. The van der Waals surface area contributed by atoms with Crippen LogP contribution < -0.4 is 4.74 Å². The summed E-state index contributed by atoms with van der Waals surface area (Å²) >= 11 is 0. The molecule has 0 saturated carbocycles. The number of aryl methyl sites for hydroxylation is 1. The molecule has 0 fully saturated rings. The molecule has 0 N–H and O–H groups in total. The topological polar surface area (TPSA) is 52.8 Å². The van der Waals surface area contributed by atoms with E-state index in [-0.39, 0.29) is 11.6 Å². The molecule has 0 amide bonds. The summed E-state index contributed by atoms with van der Waals surface area (Å²) in [6.07, 6.45) is 1.57. The van der Waals surface area contributed by atoms with Gasteiger partial charge in [0.05, 0.1) is 18.1 Å². The van der Waals surface area contributed by atoms with Crippen molar-refractivity contribution in [1.29, 1.82) is 0 Å². The van der Waals surface area contributed by atoms with Crippen LogP contribution in [0.25, 0.3) is 28.2 Å². The van der Waals surface area contributed by atoms with Gasteiger partial charge in [0.1, 0.15) is 17.5 Å². The van der Waals surface area contributed by atoms with Gasteiger partial charge in [0, 0.05) is 17.8 Å². The second-order valence-corrected chi connectivity index (χ2v) is 5.72. The first-order valence-corrected chi connectivity index (χ1v) is 7.89. The van der Waals surface area contributed by atoms with Crippen LogP contribution in [0.2, 0.25) is 0 Å². The van der Waals surface area contributed by atoms with E-state index in [2.05, 4.69) is 15.0 Å². The fourth-order valence-corrected chi connectivity index (χ4v) is 2.88. The van der Waals surface area contributed by atoms with Gasteiger partial charge in [-0.1, -0.05) is 0 Å². The van der Waals surface area contributed by atoms with E-state index in [0.29, 0.717) is 34.1 Å². The summed E-state index contributed by atoms with van der Waals surface area (Å²) in [6.45, 7) is 1.81. The second kappa shape index (κ2) is 6.18. The number of rotatable bonds is 3. The lowest BCUT2D eigenvalue weighted by molar-refractivity contribution is 0.386. The third-order valence-corrected chi connectivity index (χ3v) is 4.06. The monoisotopic (exact) mass is 352 g/mol. The second-order valence-electron chi connectivity index (χ2n) is 5.72. The molecule has 0 aliphatic rings. The van der Waals surface area contributed by atoms with Crippen LogP contribution in [0.5, 0.6) is 5.75 Å². The minimum Gasteiger partial charge on any atom is -0.494 e. The number of imidazole rings is 1. The molecule has 2 heterocycles. The molecule has 4 aromatic rings. The van der Waals surface area contributed by atoms with E-state index in [1.54, 1.807) is 29.0 Å². The molecule has 7 heteroatoms. The highest BCUT2D eigenvalue weighted by Gasteiger charge is 2.13. The van der Waals surface area contributed by atoms with E-state index in [9.17, 15) is 8.78 Å². The fraction of sp³-hybridized carbons (Fsp3) is 0.105. The summed E-state index contributed by atoms with van der Waals surface area (Å²) in [6, 6.07) is 10.6. The third-order valence-electron chi connectivity index (χ3n) is 4.06. The largest absolute Gasteiger partial charge is 0.494 e. The van der Waals surface area contributed by atoms with Crippen LogP contribution in [0, 0.1) is 18.6 Å². The zero-order valence-corrected chi connectivity index (χ0v) is 14.1. The number of aromatic nitrogens is 4. The van der Waals surface area contributed by atoms with E-state index in [4.69, 9.17) is 4.74 Å². The average Bonchev–Trinajstić information content (AvgIpc) is 2.96. The predicted octanol–water partition coefficient (Wildman–Crippen LogP) is 4.08. The third kappa shape index (κ3) is 2.67. The van der Waals surface area contributed by atoms with Gasteiger partial charge in [0.25, 0.3) is 0 Å². The van der Waals surface area contributed by atoms with Crippen LogP contribution in [-0.4, -0.2) is 26.6 Å². The zero-order valence-electron chi connectivity index (χ0n) is 14.1. The smallest absolute Gasteiger partial charge is 0.165 e. The normalized spacial score (nSPS) is 11.1. The van der Waals surface area contributed by atoms with Crippen LogP contribution in [-0.2, 0) is 0 Å². The van der Waals surface area contributed by atoms with Gasteiger partial charge in [0.15, 0.2) is 17.4 Å². The summed E-state index contributed by atoms with van der Waals surface area (Å²) in [5, 5.41) is 0.